The van der Waals surface area contributed by atoms with Gasteiger partial charge >= 0.3 is 0 Å². The van der Waals surface area contributed by atoms with Gasteiger partial charge in [-0.25, -0.2) is 0 Å². The minimum absolute atomic E-state index is 1.24. The number of halogens is 1. The fraction of sp³-hybridized carbons (Fsp3) is 0.905. The Morgan fingerprint density at radius 3 is 1.22 bits per heavy atom. The largest absolute Gasteiger partial charge is 0.312 e. The van der Waals surface area contributed by atoms with Crippen LogP contribution in [-0.4, -0.2) is 26.0 Å². The van der Waals surface area contributed by atoms with E-state index >= 15 is 0 Å². The molecule has 0 fully saturated rings. The molecule has 0 heterocycles. The Labute approximate surface area is 156 Å². The molecule has 0 N–H and O–H groups in total. The summed E-state index contributed by atoms with van der Waals surface area (Å²) in [5.41, 5.74) is 0. The first kappa shape index (κ1) is 25.4. The molecular weight excluding hydrogens is 346 g/mol. The SMILES string of the molecule is CCCCCCCCCCCCCCCC/C=C/Br.CN(C)C. The molecule has 0 spiro atoms. The molecule has 0 aromatic rings. The lowest BCUT2D eigenvalue weighted by atomic mass is 10.0. The molecule has 23 heavy (non-hydrogen) atoms. The van der Waals surface area contributed by atoms with Crippen molar-refractivity contribution in [2.75, 3.05) is 21.1 Å². The molecule has 0 radical (unpaired) electrons. The summed E-state index contributed by atoms with van der Waals surface area (Å²) in [6.07, 6.45) is 23.7. The Morgan fingerprint density at radius 2 is 0.913 bits per heavy atom. The van der Waals surface area contributed by atoms with E-state index in [0.29, 0.717) is 0 Å². The summed E-state index contributed by atoms with van der Waals surface area (Å²) in [5.74, 6) is 0. The maximum atomic E-state index is 3.31. The Morgan fingerprint density at radius 1 is 0.609 bits per heavy atom. The molecule has 0 atom stereocenters. The van der Waals surface area contributed by atoms with Gasteiger partial charge in [0, 0.05) is 0 Å². The molecule has 0 aromatic heterocycles. The van der Waals surface area contributed by atoms with Crippen molar-refractivity contribution in [2.24, 2.45) is 0 Å². The summed E-state index contributed by atoms with van der Waals surface area (Å²) in [6.45, 7) is 2.29. The van der Waals surface area contributed by atoms with Crippen LogP contribution in [0.5, 0.6) is 0 Å². The van der Waals surface area contributed by atoms with E-state index in [9.17, 15) is 0 Å². The zero-order chi connectivity index (χ0) is 17.6. The summed E-state index contributed by atoms with van der Waals surface area (Å²) in [5, 5.41) is 0. The standard InChI is InChI=1S/C18H35Br.C3H9N/c1-2-3-4-5-6-7-8-9-10-11-12-13-14-15-16-17-18-19;1-4(2)3/h17-18H,2-16H2,1H3;1-3H3/b18-17+;. The van der Waals surface area contributed by atoms with E-state index in [1.54, 1.807) is 0 Å². The molecule has 140 valence electrons. The summed E-state index contributed by atoms with van der Waals surface area (Å²) < 4.78 is 0. The van der Waals surface area contributed by atoms with Crippen LogP contribution in [0.4, 0.5) is 0 Å². The van der Waals surface area contributed by atoms with Crippen LogP contribution in [0.1, 0.15) is 103 Å². The van der Waals surface area contributed by atoms with Gasteiger partial charge in [-0.1, -0.05) is 112 Å². The van der Waals surface area contributed by atoms with Crippen LogP contribution in [0.3, 0.4) is 0 Å². The van der Waals surface area contributed by atoms with Gasteiger partial charge in [-0.2, -0.15) is 0 Å². The van der Waals surface area contributed by atoms with Gasteiger partial charge in [-0.05, 0) is 39.0 Å². The predicted octanol–water partition coefficient (Wildman–Crippen LogP) is 7.94. The molecular formula is C21H44BrN. The topological polar surface area (TPSA) is 3.24 Å². The number of allylic oxidation sites excluding steroid dienone is 1. The van der Waals surface area contributed by atoms with Gasteiger partial charge in [-0.15, -0.1) is 0 Å². The molecule has 0 saturated carbocycles. The van der Waals surface area contributed by atoms with E-state index in [2.05, 4.69) is 28.9 Å². The normalized spacial score (nSPS) is 11.0. The highest BCUT2D eigenvalue weighted by Crippen LogP contribution is 2.13. The fourth-order valence-electron chi connectivity index (χ4n) is 2.52. The van der Waals surface area contributed by atoms with Gasteiger partial charge in [0.2, 0.25) is 0 Å². The van der Waals surface area contributed by atoms with E-state index in [0.717, 1.165) is 0 Å². The lowest BCUT2D eigenvalue weighted by molar-refractivity contribution is 0.505. The molecule has 0 aromatic carbocycles. The van der Waals surface area contributed by atoms with Crippen LogP contribution >= 0.6 is 15.9 Å². The lowest BCUT2D eigenvalue weighted by Crippen LogP contribution is -1.99. The number of unbranched alkanes of at least 4 members (excludes halogenated alkanes) is 14. The van der Waals surface area contributed by atoms with Crippen LogP contribution in [0.2, 0.25) is 0 Å². The van der Waals surface area contributed by atoms with Crippen molar-refractivity contribution in [2.45, 2.75) is 103 Å². The quantitative estimate of drug-likeness (QED) is 0.256. The number of hydrogen-bond donors (Lipinski definition) is 0. The highest BCUT2D eigenvalue weighted by molar-refractivity contribution is 9.11. The Bertz CT molecular complexity index is 211. The fourth-order valence-corrected chi connectivity index (χ4v) is 2.78. The molecule has 0 saturated heterocycles. The van der Waals surface area contributed by atoms with Crippen LogP contribution in [0.25, 0.3) is 0 Å². The zero-order valence-electron chi connectivity index (χ0n) is 16.6. The van der Waals surface area contributed by atoms with E-state index in [-0.39, 0.29) is 0 Å². The van der Waals surface area contributed by atoms with Crippen molar-refractivity contribution < 1.29 is 0 Å². The third-order valence-electron chi connectivity index (χ3n) is 3.81. The number of rotatable bonds is 15. The Hall–Kier alpha value is 0.180. The van der Waals surface area contributed by atoms with Crippen LogP contribution < -0.4 is 0 Å². The zero-order valence-corrected chi connectivity index (χ0v) is 18.2. The second kappa shape index (κ2) is 24.4. The smallest absolute Gasteiger partial charge is 0.0140 e. The molecule has 0 aliphatic rings. The van der Waals surface area contributed by atoms with Crippen LogP contribution in [0.15, 0.2) is 11.1 Å². The predicted molar refractivity (Wildman–Crippen MR) is 113 cm³/mol. The highest BCUT2D eigenvalue weighted by Gasteiger charge is 1.93. The van der Waals surface area contributed by atoms with Crippen molar-refractivity contribution in [3.8, 4) is 0 Å². The third kappa shape index (κ3) is 34.5. The van der Waals surface area contributed by atoms with Gasteiger partial charge in [0.15, 0.2) is 0 Å². The lowest BCUT2D eigenvalue weighted by Gasteiger charge is -2.02. The first-order chi connectivity index (χ1) is 11.1. The van der Waals surface area contributed by atoms with E-state index in [4.69, 9.17) is 0 Å². The Kier molecular flexibility index (Phi) is 27.0. The highest BCUT2D eigenvalue weighted by atomic mass is 79.9. The molecule has 1 nitrogen and oxygen atoms in total. The summed E-state index contributed by atoms with van der Waals surface area (Å²) in [7, 11) is 6.00. The van der Waals surface area contributed by atoms with Crippen molar-refractivity contribution in [1.29, 1.82) is 0 Å². The van der Waals surface area contributed by atoms with E-state index in [1.807, 2.05) is 31.0 Å². The third-order valence-corrected chi connectivity index (χ3v) is 4.19. The molecule has 0 amide bonds. The molecule has 0 bridgehead atoms. The monoisotopic (exact) mass is 389 g/mol. The summed E-state index contributed by atoms with van der Waals surface area (Å²) >= 11 is 3.31. The van der Waals surface area contributed by atoms with Crippen LogP contribution in [-0.2, 0) is 0 Å². The van der Waals surface area contributed by atoms with Gasteiger partial charge in [0.1, 0.15) is 0 Å². The minimum atomic E-state index is 1.24. The number of hydrogen-bond acceptors (Lipinski definition) is 1. The first-order valence-electron chi connectivity index (χ1n) is 10.0. The average Bonchev–Trinajstić information content (AvgIpc) is 2.50. The second-order valence-electron chi connectivity index (χ2n) is 7.09. The number of nitrogens with zero attached hydrogens (tertiary/aromatic N) is 1. The molecule has 0 aliphatic heterocycles. The second-order valence-corrected chi connectivity index (χ2v) is 7.62. The molecule has 0 aliphatic carbocycles. The van der Waals surface area contributed by atoms with Crippen LogP contribution in [0, 0.1) is 0 Å². The maximum Gasteiger partial charge on any atom is -0.0140 e. The molecule has 0 rings (SSSR count). The van der Waals surface area contributed by atoms with Crippen molar-refractivity contribution in [1.82, 2.24) is 4.90 Å². The van der Waals surface area contributed by atoms with Gasteiger partial charge in [-0.3, -0.25) is 0 Å². The van der Waals surface area contributed by atoms with Crippen molar-refractivity contribution in [3.63, 3.8) is 0 Å². The van der Waals surface area contributed by atoms with Crippen molar-refractivity contribution in [3.05, 3.63) is 11.1 Å². The van der Waals surface area contributed by atoms with Gasteiger partial charge in [0.25, 0.3) is 0 Å². The van der Waals surface area contributed by atoms with E-state index < -0.39 is 0 Å². The first-order valence-corrected chi connectivity index (χ1v) is 10.9. The van der Waals surface area contributed by atoms with Crippen molar-refractivity contribution >= 4 is 15.9 Å². The van der Waals surface area contributed by atoms with Gasteiger partial charge < -0.3 is 4.90 Å². The van der Waals surface area contributed by atoms with E-state index in [1.165, 1.54) is 96.3 Å². The maximum absolute atomic E-state index is 3.31. The summed E-state index contributed by atoms with van der Waals surface area (Å²) in [6, 6.07) is 0. The minimum Gasteiger partial charge on any atom is -0.312 e. The summed E-state index contributed by atoms with van der Waals surface area (Å²) in [4.78, 5) is 3.98. The van der Waals surface area contributed by atoms with Gasteiger partial charge in [0.05, 0.1) is 0 Å². The Balaban J connectivity index is 0. The average molecular weight is 390 g/mol. The molecule has 2 heteroatoms. The molecule has 0 unspecified atom stereocenters.